The molecule has 218 valence electrons. The summed E-state index contributed by atoms with van der Waals surface area (Å²) in [5.41, 5.74) is 7.02. The van der Waals surface area contributed by atoms with Crippen molar-refractivity contribution in [2.75, 3.05) is 53.2 Å². The number of methoxy groups -OCH3 is 1. The molecule has 0 amide bonds. The molecule has 1 aliphatic carbocycles. The van der Waals surface area contributed by atoms with E-state index >= 15 is 0 Å². The van der Waals surface area contributed by atoms with E-state index in [1.807, 2.05) is 6.92 Å². The molecule has 0 bridgehead atoms. The Balaban J connectivity index is 1.49. The summed E-state index contributed by atoms with van der Waals surface area (Å²) in [6.07, 6.45) is 12.7. The molecule has 1 saturated heterocycles. The number of hydrogen-bond acceptors (Lipinski definition) is 9. The van der Waals surface area contributed by atoms with Crippen molar-refractivity contribution in [1.82, 2.24) is 30.8 Å². The van der Waals surface area contributed by atoms with Crippen molar-refractivity contribution < 1.29 is 4.74 Å². The fourth-order valence-corrected chi connectivity index (χ4v) is 5.94. The Morgan fingerprint density at radius 3 is 2.72 bits per heavy atom. The number of ether oxygens (including phenoxy) is 1. The van der Waals surface area contributed by atoms with E-state index in [1.165, 1.54) is 11.1 Å². The van der Waals surface area contributed by atoms with E-state index in [1.54, 1.807) is 7.11 Å². The molecule has 1 unspecified atom stereocenters. The number of nitrogens with one attached hydrogen (secondary N) is 3. The van der Waals surface area contributed by atoms with Gasteiger partial charge in [-0.05, 0) is 71.0 Å². The Morgan fingerprint density at radius 2 is 2.03 bits per heavy atom. The van der Waals surface area contributed by atoms with Gasteiger partial charge in [0.1, 0.15) is 18.3 Å². The van der Waals surface area contributed by atoms with Crippen molar-refractivity contribution in [2.24, 2.45) is 16.0 Å². The second-order valence-corrected chi connectivity index (χ2v) is 11.6. The molecule has 9 nitrogen and oxygen atoms in total. The summed E-state index contributed by atoms with van der Waals surface area (Å²) in [5, 5.41) is 11.9. The fourth-order valence-electron chi connectivity index (χ4n) is 5.94. The highest BCUT2D eigenvalue weighted by atomic mass is 16.5. The summed E-state index contributed by atoms with van der Waals surface area (Å²) in [6.45, 7) is 17.6. The van der Waals surface area contributed by atoms with Crippen molar-refractivity contribution in [3.05, 3.63) is 35.2 Å². The Morgan fingerprint density at radius 1 is 1.23 bits per heavy atom. The van der Waals surface area contributed by atoms with Crippen molar-refractivity contribution in [1.29, 1.82) is 0 Å². The predicted molar refractivity (Wildman–Crippen MR) is 161 cm³/mol. The van der Waals surface area contributed by atoms with Crippen LogP contribution in [-0.4, -0.2) is 97.7 Å². The van der Waals surface area contributed by atoms with E-state index in [9.17, 15) is 0 Å². The maximum atomic E-state index is 5.35. The summed E-state index contributed by atoms with van der Waals surface area (Å²) in [4.78, 5) is 12.6. The number of likely N-dealkylation sites (tertiary alicyclic amines) is 1. The van der Waals surface area contributed by atoms with E-state index in [0.717, 1.165) is 82.3 Å². The molecule has 0 spiro atoms. The van der Waals surface area contributed by atoms with Gasteiger partial charge in [0.25, 0.3) is 0 Å². The third-order valence-corrected chi connectivity index (χ3v) is 8.61. The van der Waals surface area contributed by atoms with Gasteiger partial charge in [-0.3, -0.25) is 15.7 Å². The van der Waals surface area contributed by atoms with Gasteiger partial charge in [-0.25, -0.2) is 0 Å². The summed E-state index contributed by atoms with van der Waals surface area (Å²) in [6, 6.07) is 1.17. The number of amidine groups is 2. The van der Waals surface area contributed by atoms with Crippen LogP contribution in [-0.2, 0) is 4.74 Å². The first-order valence-electron chi connectivity index (χ1n) is 15.1. The zero-order chi connectivity index (χ0) is 27.8. The molecular weight excluding hydrogens is 488 g/mol. The molecule has 39 heavy (non-hydrogen) atoms. The largest absolute Gasteiger partial charge is 0.383 e. The van der Waals surface area contributed by atoms with E-state index < -0.39 is 0 Å². The Hall–Kier alpha value is -2.36. The van der Waals surface area contributed by atoms with Gasteiger partial charge in [0.15, 0.2) is 0 Å². The number of hydrazone groups is 1. The van der Waals surface area contributed by atoms with E-state index in [4.69, 9.17) is 9.73 Å². The van der Waals surface area contributed by atoms with Crippen molar-refractivity contribution >= 4 is 11.7 Å². The van der Waals surface area contributed by atoms with E-state index in [2.05, 4.69) is 81.9 Å². The van der Waals surface area contributed by atoms with Gasteiger partial charge in [0.05, 0.1) is 31.1 Å². The minimum Gasteiger partial charge on any atom is -0.383 e. The topological polar surface area (TPSA) is 79.8 Å². The molecule has 3 atom stereocenters. The van der Waals surface area contributed by atoms with Crippen LogP contribution < -0.4 is 16.1 Å². The Kier molecular flexibility index (Phi) is 10.9. The van der Waals surface area contributed by atoms with Crippen LogP contribution in [0.25, 0.3) is 0 Å². The highest BCUT2D eigenvalue weighted by Crippen LogP contribution is 2.29. The van der Waals surface area contributed by atoms with Gasteiger partial charge in [-0.15, -0.1) is 0 Å². The number of aliphatic imine (C=N–C) groups is 1. The number of nitrogens with zero attached hydrogens (tertiary/aromatic N) is 5. The van der Waals surface area contributed by atoms with Crippen molar-refractivity contribution in [2.45, 2.75) is 84.8 Å². The van der Waals surface area contributed by atoms with Crippen molar-refractivity contribution in [3.8, 4) is 0 Å². The zero-order valence-corrected chi connectivity index (χ0v) is 25.2. The van der Waals surface area contributed by atoms with Crippen LogP contribution in [0.2, 0.25) is 0 Å². The number of rotatable bonds is 13. The number of piperidine rings is 1. The quantitative estimate of drug-likeness (QED) is 0.309. The molecule has 0 aromatic heterocycles. The average molecular weight is 541 g/mol. The van der Waals surface area contributed by atoms with E-state index in [-0.39, 0.29) is 0 Å². The second-order valence-electron chi connectivity index (χ2n) is 11.6. The molecule has 0 aromatic carbocycles. The molecule has 3 heterocycles. The van der Waals surface area contributed by atoms with E-state index in [0.29, 0.717) is 37.4 Å². The minimum absolute atomic E-state index is 0.303. The van der Waals surface area contributed by atoms with Gasteiger partial charge in [0, 0.05) is 32.4 Å². The molecular formula is C30H52N8O. The zero-order valence-electron chi connectivity index (χ0n) is 25.2. The van der Waals surface area contributed by atoms with Gasteiger partial charge in [-0.1, -0.05) is 38.0 Å². The molecule has 0 aromatic rings. The molecule has 0 radical (unpaired) electrons. The molecule has 4 rings (SSSR count). The second kappa shape index (κ2) is 14.3. The lowest BCUT2D eigenvalue weighted by atomic mass is 9.91. The number of hydrogen-bond donors (Lipinski definition) is 3. The maximum absolute atomic E-state index is 5.35. The molecule has 9 heteroatoms. The Bertz CT molecular complexity index is 962. The fraction of sp³-hybridized carbons (Fsp3) is 0.733. The molecule has 0 saturated carbocycles. The molecule has 3 aliphatic heterocycles. The van der Waals surface area contributed by atoms with Crippen LogP contribution in [0.1, 0.15) is 66.7 Å². The van der Waals surface area contributed by atoms with Crippen LogP contribution in [0.4, 0.5) is 0 Å². The van der Waals surface area contributed by atoms with Crippen LogP contribution >= 0.6 is 0 Å². The first kappa shape index (κ1) is 29.6. The molecule has 1 fully saturated rings. The van der Waals surface area contributed by atoms with Gasteiger partial charge < -0.3 is 24.8 Å². The van der Waals surface area contributed by atoms with Gasteiger partial charge in [0.2, 0.25) is 0 Å². The van der Waals surface area contributed by atoms with Crippen LogP contribution in [0.15, 0.2) is 45.3 Å². The first-order chi connectivity index (χ1) is 18.9. The Labute approximate surface area is 236 Å². The summed E-state index contributed by atoms with van der Waals surface area (Å²) < 4.78 is 5.26. The monoisotopic (exact) mass is 540 g/mol. The lowest BCUT2D eigenvalue weighted by Gasteiger charge is -2.33. The predicted octanol–water partition coefficient (Wildman–Crippen LogP) is 3.46. The summed E-state index contributed by atoms with van der Waals surface area (Å²) in [5.74, 6) is 2.63. The van der Waals surface area contributed by atoms with Gasteiger partial charge >= 0.3 is 0 Å². The third kappa shape index (κ3) is 7.86. The van der Waals surface area contributed by atoms with Crippen LogP contribution in [0.5, 0.6) is 0 Å². The smallest absolute Gasteiger partial charge is 0.149 e. The maximum Gasteiger partial charge on any atom is 0.149 e. The number of allylic oxidation sites excluding steroid dienone is 2. The average Bonchev–Trinajstić information content (AvgIpc) is 3.47. The SMILES string of the molecule is CCCC1N=C(/C(=C/N2CNN=C2C)NCNC2CCN(CCOC)CC2)N(CC2=C[C@@H](C)CC=C2C)[C@@H]1C. The first-order valence-corrected chi connectivity index (χ1v) is 15.1. The lowest BCUT2D eigenvalue weighted by molar-refractivity contribution is 0.126. The van der Waals surface area contributed by atoms with Gasteiger partial charge in [-0.2, -0.15) is 5.10 Å². The normalized spacial score (nSPS) is 26.8. The third-order valence-electron chi connectivity index (χ3n) is 8.61. The minimum atomic E-state index is 0.303. The molecule has 3 N–H and O–H groups in total. The van der Waals surface area contributed by atoms with Crippen molar-refractivity contribution in [3.63, 3.8) is 0 Å². The molecule has 4 aliphatic rings. The lowest BCUT2D eigenvalue weighted by Crippen LogP contribution is -2.47. The summed E-state index contributed by atoms with van der Waals surface area (Å²) >= 11 is 0. The highest BCUT2D eigenvalue weighted by Gasteiger charge is 2.35. The highest BCUT2D eigenvalue weighted by molar-refractivity contribution is 6.00. The standard InChI is InChI=1S/C30H52N8O/c1-7-8-28-24(4)38(18-26-17-22(2)9-10-23(26)3)30(34-28)29(19-37-21-33-35-25(37)5)32-20-31-27-11-13-36(14-12-27)15-16-39-6/h10,17,19,22,24,27-28,31-33H,7-9,11-16,18,20-21H2,1-6H3/b29-19-/t22-,24+,28?/m0/s1. The van der Waals surface area contributed by atoms with Crippen LogP contribution in [0.3, 0.4) is 0 Å². The van der Waals surface area contributed by atoms with Crippen LogP contribution in [0, 0.1) is 5.92 Å². The summed E-state index contributed by atoms with van der Waals surface area (Å²) in [7, 11) is 1.78.